The van der Waals surface area contributed by atoms with E-state index in [0.29, 0.717) is 11.2 Å². The number of tetrazole rings is 1. The zero-order valence-corrected chi connectivity index (χ0v) is 10.4. The van der Waals surface area contributed by atoms with Gasteiger partial charge in [-0.05, 0) is 11.5 Å². The van der Waals surface area contributed by atoms with Crippen LogP contribution in [0.15, 0.2) is 36.4 Å². The standard InChI is InChI=1S/C13H11N5O2/c19-12-9-4-2-1-3-8(9)5-6-10(12)13(20)14-7-11-15-17-18-16-11/h1-6,19H,7H2,(H,14,20)(H,15,16,17,18). The van der Waals surface area contributed by atoms with Gasteiger partial charge >= 0.3 is 0 Å². The van der Waals surface area contributed by atoms with E-state index in [1.165, 1.54) is 0 Å². The Balaban J connectivity index is 1.86. The predicted molar refractivity (Wildman–Crippen MR) is 71.0 cm³/mol. The molecule has 3 aromatic rings. The summed E-state index contributed by atoms with van der Waals surface area (Å²) in [5.41, 5.74) is 0.215. The van der Waals surface area contributed by atoms with E-state index in [9.17, 15) is 9.90 Å². The predicted octanol–water partition coefficient (Wildman–Crippen LogP) is 0.988. The maximum absolute atomic E-state index is 12.0. The van der Waals surface area contributed by atoms with Gasteiger partial charge in [0.1, 0.15) is 5.75 Å². The monoisotopic (exact) mass is 269 g/mol. The first-order valence-corrected chi connectivity index (χ1v) is 5.97. The summed E-state index contributed by atoms with van der Waals surface area (Å²) in [5, 5.41) is 27.5. The number of benzene rings is 2. The molecule has 7 heteroatoms. The molecule has 0 unspecified atom stereocenters. The lowest BCUT2D eigenvalue weighted by Crippen LogP contribution is -2.23. The number of carbonyl (C=O) groups is 1. The van der Waals surface area contributed by atoms with Gasteiger partial charge < -0.3 is 10.4 Å². The van der Waals surface area contributed by atoms with E-state index < -0.39 is 5.91 Å². The molecule has 20 heavy (non-hydrogen) atoms. The number of aromatic hydroxyl groups is 1. The summed E-state index contributed by atoms with van der Waals surface area (Å²) in [6, 6.07) is 10.7. The topological polar surface area (TPSA) is 104 Å². The Morgan fingerprint density at radius 2 is 2.10 bits per heavy atom. The lowest BCUT2D eigenvalue weighted by molar-refractivity contribution is 0.0947. The number of H-pyrrole nitrogens is 1. The molecule has 0 saturated heterocycles. The average molecular weight is 269 g/mol. The van der Waals surface area contributed by atoms with E-state index >= 15 is 0 Å². The molecule has 0 atom stereocenters. The smallest absolute Gasteiger partial charge is 0.255 e. The average Bonchev–Trinajstić information content (AvgIpc) is 2.99. The highest BCUT2D eigenvalue weighted by atomic mass is 16.3. The van der Waals surface area contributed by atoms with Gasteiger partial charge in [-0.1, -0.05) is 35.5 Å². The minimum Gasteiger partial charge on any atom is -0.506 e. The van der Waals surface area contributed by atoms with Crippen LogP contribution in [-0.4, -0.2) is 31.6 Å². The number of hydrogen-bond acceptors (Lipinski definition) is 5. The Hall–Kier alpha value is -2.96. The number of nitrogens with one attached hydrogen (secondary N) is 2. The number of nitrogens with zero attached hydrogens (tertiary/aromatic N) is 3. The molecule has 1 heterocycles. The van der Waals surface area contributed by atoms with Crippen LogP contribution >= 0.6 is 0 Å². The third kappa shape index (κ3) is 2.16. The molecule has 0 bridgehead atoms. The second-order valence-electron chi connectivity index (χ2n) is 4.19. The summed E-state index contributed by atoms with van der Waals surface area (Å²) < 4.78 is 0. The SMILES string of the molecule is O=C(NCc1nn[nH]n1)c1ccc2ccccc2c1O. The van der Waals surface area contributed by atoms with Crippen LogP contribution in [0.5, 0.6) is 5.75 Å². The summed E-state index contributed by atoms with van der Waals surface area (Å²) in [6.45, 7) is 0.140. The summed E-state index contributed by atoms with van der Waals surface area (Å²) in [6.07, 6.45) is 0. The highest BCUT2D eigenvalue weighted by Crippen LogP contribution is 2.28. The second-order valence-corrected chi connectivity index (χ2v) is 4.19. The molecule has 3 N–H and O–H groups in total. The van der Waals surface area contributed by atoms with Gasteiger partial charge in [0.2, 0.25) is 0 Å². The maximum Gasteiger partial charge on any atom is 0.255 e. The van der Waals surface area contributed by atoms with Crippen LogP contribution in [-0.2, 0) is 6.54 Å². The number of hydrogen-bond donors (Lipinski definition) is 3. The molecule has 0 saturated carbocycles. The molecule has 1 aromatic heterocycles. The first-order chi connectivity index (χ1) is 9.75. The Morgan fingerprint density at radius 3 is 2.90 bits per heavy atom. The molecule has 0 aliphatic heterocycles. The third-order valence-corrected chi connectivity index (χ3v) is 2.94. The van der Waals surface area contributed by atoms with E-state index in [1.54, 1.807) is 18.2 Å². The van der Waals surface area contributed by atoms with Crippen molar-refractivity contribution in [2.45, 2.75) is 6.54 Å². The van der Waals surface area contributed by atoms with Crippen molar-refractivity contribution in [2.24, 2.45) is 0 Å². The lowest BCUT2D eigenvalue weighted by atomic mass is 10.0. The van der Waals surface area contributed by atoms with E-state index in [1.807, 2.05) is 18.2 Å². The Morgan fingerprint density at radius 1 is 1.25 bits per heavy atom. The van der Waals surface area contributed by atoms with Crippen LogP contribution < -0.4 is 5.32 Å². The maximum atomic E-state index is 12.0. The molecule has 0 fully saturated rings. The molecular weight excluding hydrogens is 258 g/mol. The fourth-order valence-electron chi connectivity index (χ4n) is 1.95. The normalized spacial score (nSPS) is 10.6. The number of aromatic nitrogens is 4. The third-order valence-electron chi connectivity index (χ3n) is 2.94. The van der Waals surface area contributed by atoms with Crippen LogP contribution in [0, 0.1) is 0 Å². The summed E-state index contributed by atoms with van der Waals surface area (Å²) in [4.78, 5) is 12.0. The minimum atomic E-state index is -0.391. The van der Waals surface area contributed by atoms with Crippen LogP contribution in [0.4, 0.5) is 0 Å². The van der Waals surface area contributed by atoms with Gasteiger partial charge in [0, 0.05) is 5.39 Å². The van der Waals surface area contributed by atoms with Crippen molar-refractivity contribution in [2.75, 3.05) is 0 Å². The fraction of sp³-hybridized carbons (Fsp3) is 0.0769. The van der Waals surface area contributed by atoms with Gasteiger partial charge in [-0.2, -0.15) is 5.21 Å². The van der Waals surface area contributed by atoms with Gasteiger partial charge in [-0.3, -0.25) is 4.79 Å². The van der Waals surface area contributed by atoms with Crippen molar-refractivity contribution >= 4 is 16.7 Å². The minimum absolute atomic E-state index is 0.0336. The molecule has 0 radical (unpaired) electrons. The van der Waals surface area contributed by atoms with Gasteiger partial charge in [0.25, 0.3) is 5.91 Å². The van der Waals surface area contributed by atoms with E-state index in [-0.39, 0.29) is 17.9 Å². The quantitative estimate of drug-likeness (QED) is 0.657. The summed E-state index contributed by atoms with van der Waals surface area (Å²) in [7, 11) is 0. The van der Waals surface area contributed by atoms with Crippen LogP contribution in [0.2, 0.25) is 0 Å². The van der Waals surface area contributed by atoms with E-state index in [2.05, 4.69) is 25.9 Å². The molecule has 7 nitrogen and oxygen atoms in total. The van der Waals surface area contributed by atoms with Crippen molar-refractivity contribution in [1.82, 2.24) is 25.9 Å². The first-order valence-electron chi connectivity index (χ1n) is 5.97. The van der Waals surface area contributed by atoms with E-state index in [4.69, 9.17) is 0 Å². The van der Waals surface area contributed by atoms with Crippen molar-refractivity contribution in [3.8, 4) is 5.75 Å². The number of aromatic amines is 1. The van der Waals surface area contributed by atoms with Gasteiger partial charge in [0.15, 0.2) is 5.82 Å². The second kappa shape index (κ2) is 4.96. The number of amides is 1. The Labute approximate surface area is 113 Å². The van der Waals surface area contributed by atoms with Crippen molar-refractivity contribution < 1.29 is 9.90 Å². The van der Waals surface area contributed by atoms with Gasteiger partial charge in [0.05, 0.1) is 12.1 Å². The largest absolute Gasteiger partial charge is 0.506 e. The molecule has 2 aromatic carbocycles. The van der Waals surface area contributed by atoms with Crippen LogP contribution in [0.25, 0.3) is 10.8 Å². The molecule has 0 spiro atoms. The number of fused-ring (bicyclic) bond motifs is 1. The molecule has 100 valence electrons. The Bertz CT molecular complexity index is 755. The number of phenols is 1. The molecule has 0 aliphatic carbocycles. The van der Waals surface area contributed by atoms with Gasteiger partial charge in [-0.25, -0.2) is 0 Å². The molecule has 3 rings (SSSR count). The highest BCUT2D eigenvalue weighted by molar-refractivity contribution is 6.03. The van der Waals surface area contributed by atoms with Crippen molar-refractivity contribution in [1.29, 1.82) is 0 Å². The lowest BCUT2D eigenvalue weighted by Gasteiger charge is -2.07. The molecular formula is C13H11N5O2. The summed E-state index contributed by atoms with van der Waals surface area (Å²) >= 11 is 0. The van der Waals surface area contributed by atoms with Crippen molar-refractivity contribution in [3.05, 3.63) is 47.8 Å². The Kier molecular flexibility index (Phi) is 3.00. The number of phenolic OH excluding ortho intramolecular Hbond substituents is 1. The van der Waals surface area contributed by atoms with Gasteiger partial charge in [-0.15, -0.1) is 10.2 Å². The molecule has 1 amide bonds. The summed E-state index contributed by atoms with van der Waals surface area (Å²) in [5.74, 6) is -0.0506. The first kappa shape index (κ1) is 12.1. The molecule has 0 aliphatic rings. The highest BCUT2D eigenvalue weighted by Gasteiger charge is 2.13. The van der Waals surface area contributed by atoms with Crippen LogP contribution in [0.1, 0.15) is 16.2 Å². The van der Waals surface area contributed by atoms with E-state index in [0.717, 1.165) is 5.39 Å². The number of carbonyl (C=O) groups excluding carboxylic acids is 1. The zero-order chi connectivity index (χ0) is 13.9. The fourth-order valence-corrected chi connectivity index (χ4v) is 1.95. The van der Waals surface area contributed by atoms with Crippen LogP contribution in [0.3, 0.4) is 0 Å². The zero-order valence-electron chi connectivity index (χ0n) is 10.4. The van der Waals surface area contributed by atoms with Crippen molar-refractivity contribution in [3.63, 3.8) is 0 Å². The number of rotatable bonds is 3.